The quantitative estimate of drug-likeness (QED) is 0.596. The van der Waals surface area contributed by atoms with Gasteiger partial charge in [0.1, 0.15) is 17.5 Å². The molecule has 2 heterocycles. The smallest absolute Gasteiger partial charge is 0.232 e. The minimum absolute atomic E-state index is 0.00980. The molecule has 4 N–H and O–H groups in total. The number of para-hydroxylation sites is 1. The molecule has 0 bridgehead atoms. The normalized spacial score (nSPS) is 23.0. The Morgan fingerprint density at radius 2 is 2.03 bits per heavy atom. The molecule has 4 rings (SSSR count). The molecule has 0 spiro atoms. The zero-order valence-electron chi connectivity index (χ0n) is 16.1. The maximum Gasteiger partial charge on any atom is 0.232 e. The molecule has 2 aromatic rings. The number of amides is 1. The summed E-state index contributed by atoms with van der Waals surface area (Å²) in [5.74, 6) is 0.753. The van der Waals surface area contributed by atoms with Crippen molar-refractivity contribution in [1.29, 1.82) is 5.26 Å². The minimum Gasteiger partial charge on any atom is -0.393 e. The minimum atomic E-state index is -0.232. The fraction of sp³-hybridized carbons (Fsp3) is 0.429. The summed E-state index contributed by atoms with van der Waals surface area (Å²) in [6.45, 7) is 0.535. The summed E-state index contributed by atoms with van der Waals surface area (Å²) >= 11 is 0. The van der Waals surface area contributed by atoms with Gasteiger partial charge in [-0.15, -0.1) is 0 Å². The van der Waals surface area contributed by atoms with Gasteiger partial charge in [0.15, 0.2) is 0 Å². The molecule has 0 saturated heterocycles. The first kappa shape index (κ1) is 19.2. The van der Waals surface area contributed by atoms with Gasteiger partial charge in [0.05, 0.1) is 18.2 Å². The van der Waals surface area contributed by atoms with Gasteiger partial charge in [-0.3, -0.25) is 4.79 Å². The topological polar surface area (TPSA) is 123 Å². The Morgan fingerprint density at radius 3 is 2.83 bits per heavy atom. The summed E-state index contributed by atoms with van der Waals surface area (Å²) in [6.07, 6.45) is 5.08. The predicted molar refractivity (Wildman–Crippen MR) is 110 cm³/mol. The summed E-state index contributed by atoms with van der Waals surface area (Å²) in [5.41, 5.74) is 2.29. The largest absolute Gasteiger partial charge is 0.393 e. The van der Waals surface area contributed by atoms with E-state index in [0.717, 1.165) is 36.9 Å². The zero-order valence-corrected chi connectivity index (χ0v) is 16.1. The van der Waals surface area contributed by atoms with Gasteiger partial charge in [0, 0.05) is 18.3 Å². The number of nitrogens with zero attached hydrogens (tertiary/aromatic N) is 3. The maximum atomic E-state index is 12.2. The van der Waals surface area contributed by atoms with E-state index in [1.807, 2.05) is 24.3 Å². The van der Waals surface area contributed by atoms with Crippen LogP contribution in [0.5, 0.6) is 0 Å². The van der Waals surface area contributed by atoms with Crippen molar-refractivity contribution in [2.24, 2.45) is 0 Å². The van der Waals surface area contributed by atoms with E-state index in [0.29, 0.717) is 30.3 Å². The van der Waals surface area contributed by atoms with Crippen LogP contribution in [0.4, 0.5) is 17.5 Å². The summed E-state index contributed by atoms with van der Waals surface area (Å²) in [7, 11) is 0. The maximum absolute atomic E-state index is 12.2. The van der Waals surface area contributed by atoms with Crippen LogP contribution in [0.2, 0.25) is 0 Å². The third-order valence-corrected chi connectivity index (χ3v) is 5.57. The molecule has 1 saturated carbocycles. The lowest BCUT2D eigenvalue weighted by atomic mass is 9.93. The van der Waals surface area contributed by atoms with Crippen LogP contribution in [0.1, 0.15) is 49.1 Å². The average Bonchev–Trinajstić information content (AvgIpc) is 3.05. The summed E-state index contributed by atoms with van der Waals surface area (Å²) in [6, 6.07) is 10.0. The number of fused-ring (bicyclic) bond motifs is 1. The highest BCUT2D eigenvalue weighted by Gasteiger charge is 2.29. The Hall–Kier alpha value is -3.18. The van der Waals surface area contributed by atoms with Crippen molar-refractivity contribution in [2.45, 2.75) is 50.2 Å². The highest BCUT2D eigenvalue weighted by molar-refractivity contribution is 6.02. The molecule has 8 nitrogen and oxygen atoms in total. The van der Waals surface area contributed by atoms with Crippen LogP contribution in [-0.2, 0) is 4.79 Å². The van der Waals surface area contributed by atoms with Crippen LogP contribution < -0.4 is 16.0 Å². The first-order valence-electron chi connectivity index (χ1n) is 9.99. The Labute approximate surface area is 169 Å². The van der Waals surface area contributed by atoms with Crippen LogP contribution in [0, 0.1) is 11.3 Å². The molecule has 1 aromatic carbocycles. The van der Waals surface area contributed by atoms with Gasteiger partial charge in [-0.25, -0.2) is 4.98 Å². The first-order chi connectivity index (χ1) is 14.1. The molecule has 150 valence electrons. The molecule has 2 aliphatic rings. The third-order valence-electron chi connectivity index (χ3n) is 5.57. The lowest BCUT2D eigenvalue weighted by Gasteiger charge is -2.26. The molecular weight excluding hydrogens is 368 g/mol. The van der Waals surface area contributed by atoms with E-state index in [-0.39, 0.29) is 24.0 Å². The number of anilines is 3. The summed E-state index contributed by atoms with van der Waals surface area (Å²) < 4.78 is 0. The Kier molecular flexibility index (Phi) is 5.58. The van der Waals surface area contributed by atoms with Gasteiger partial charge in [-0.2, -0.15) is 10.2 Å². The molecule has 1 unspecified atom stereocenters. The monoisotopic (exact) mass is 392 g/mol. The number of hydrogen-bond acceptors (Lipinski definition) is 7. The standard InChI is InChI=1S/C21H24N6O2/c22-11-13-12-24-21(27-19(13)25-14-5-7-15(28)8-6-14)23-10-9-17-16-3-1-2-4-18(16)26-20(17)29/h1-4,12,14-15,17,28H,5-10H2,(H,26,29)(H2,23,24,25,27)/t14-,15+,17?. The molecule has 1 aromatic heterocycles. The second-order valence-corrected chi connectivity index (χ2v) is 7.56. The number of hydrogen-bond donors (Lipinski definition) is 4. The van der Waals surface area contributed by atoms with Crippen LogP contribution in [0.15, 0.2) is 30.5 Å². The second-order valence-electron chi connectivity index (χ2n) is 7.56. The van der Waals surface area contributed by atoms with Crippen molar-refractivity contribution in [3.8, 4) is 6.07 Å². The lowest BCUT2D eigenvalue weighted by molar-refractivity contribution is -0.117. The number of carbonyl (C=O) groups excluding carboxylic acids is 1. The van der Waals surface area contributed by atoms with Gasteiger partial charge in [0.25, 0.3) is 0 Å². The number of benzene rings is 1. The van der Waals surface area contributed by atoms with Crippen molar-refractivity contribution in [3.63, 3.8) is 0 Å². The van der Waals surface area contributed by atoms with Crippen LogP contribution in [0.3, 0.4) is 0 Å². The van der Waals surface area contributed by atoms with Crippen molar-refractivity contribution >= 4 is 23.4 Å². The molecule has 1 fully saturated rings. The van der Waals surface area contributed by atoms with E-state index in [2.05, 4.69) is 32.0 Å². The zero-order chi connectivity index (χ0) is 20.2. The molecule has 8 heteroatoms. The average molecular weight is 392 g/mol. The van der Waals surface area contributed by atoms with E-state index >= 15 is 0 Å². The number of carbonyl (C=O) groups is 1. The van der Waals surface area contributed by atoms with Gasteiger partial charge in [0.2, 0.25) is 11.9 Å². The van der Waals surface area contributed by atoms with Crippen LogP contribution in [0.25, 0.3) is 0 Å². The Morgan fingerprint density at radius 1 is 1.24 bits per heavy atom. The van der Waals surface area contributed by atoms with E-state index in [4.69, 9.17) is 0 Å². The highest BCUT2D eigenvalue weighted by Crippen LogP contribution is 2.34. The molecular formula is C21H24N6O2. The summed E-state index contributed by atoms with van der Waals surface area (Å²) in [5, 5.41) is 28.4. The molecule has 1 aliphatic heterocycles. The summed E-state index contributed by atoms with van der Waals surface area (Å²) in [4.78, 5) is 20.9. The Balaban J connectivity index is 1.38. The van der Waals surface area contributed by atoms with E-state index < -0.39 is 0 Å². The number of aliphatic hydroxyl groups is 1. The SMILES string of the molecule is N#Cc1cnc(NCCC2C(=O)Nc3ccccc32)nc1N[C@H]1CC[C@@H](O)CC1. The van der Waals surface area contributed by atoms with Gasteiger partial charge in [-0.1, -0.05) is 18.2 Å². The van der Waals surface area contributed by atoms with Crippen molar-refractivity contribution in [1.82, 2.24) is 9.97 Å². The van der Waals surface area contributed by atoms with Gasteiger partial charge in [-0.05, 0) is 43.7 Å². The van der Waals surface area contributed by atoms with Gasteiger partial charge >= 0.3 is 0 Å². The highest BCUT2D eigenvalue weighted by atomic mass is 16.3. The fourth-order valence-electron chi connectivity index (χ4n) is 3.96. The van der Waals surface area contributed by atoms with E-state index in [9.17, 15) is 15.2 Å². The van der Waals surface area contributed by atoms with Gasteiger partial charge < -0.3 is 21.1 Å². The molecule has 0 radical (unpaired) electrons. The van der Waals surface area contributed by atoms with E-state index in [1.165, 1.54) is 6.20 Å². The Bertz CT molecular complexity index is 933. The number of nitriles is 1. The van der Waals surface area contributed by atoms with Crippen molar-refractivity contribution < 1.29 is 9.90 Å². The van der Waals surface area contributed by atoms with Crippen LogP contribution >= 0.6 is 0 Å². The molecule has 29 heavy (non-hydrogen) atoms. The number of aliphatic hydroxyl groups excluding tert-OH is 1. The second kappa shape index (κ2) is 8.45. The van der Waals surface area contributed by atoms with E-state index in [1.54, 1.807) is 0 Å². The third kappa shape index (κ3) is 4.30. The van der Waals surface area contributed by atoms with Crippen molar-refractivity contribution in [3.05, 3.63) is 41.6 Å². The fourth-order valence-corrected chi connectivity index (χ4v) is 3.96. The predicted octanol–water partition coefficient (Wildman–Crippen LogP) is 2.60. The van der Waals surface area contributed by atoms with Crippen molar-refractivity contribution in [2.75, 3.05) is 22.5 Å². The number of nitrogens with one attached hydrogen (secondary N) is 3. The molecule has 1 amide bonds. The lowest BCUT2D eigenvalue weighted by Crippen LogP contribution is -2.29. The molecule has 1 atom stereocenters. The molecule has 1 aliphatic carbocycles. The van der Waals surface area contributed by atoms with Crippen LogP contribution in [-0.4, -0.2) is 39.7 Å². The number of aromatic nitrogens is 2. The first-order valence-corrected chi connectivity index (χ1v) is 9.99. The number of rotatable bonds is 6.